The van der Waals surface area contributed by atoms with Crippen LogP contribution in [0.15, 0.2) is 54.9 Å². The van der Waals surface area contributed by atoms with Gasteiger partial charge in [-0.2, -0.15) is 0 Å². The van der Waals surface area contributed by atoms with Gasteiger partial charge >= 0.3 is 0 Å². The Balaban J connectivity index is 1.81. The minimum absolute atomic E-state index is 0.00843. The number of amides is 2. The fraction of sp³-hybridized carbons (Fsp3) is 0.350. The first-order valence-corrected chi connectivity index (χ1v) is 8.72. The van der Waals surface area contributed by atoms with Gasteiger partial charge in [0.15, 0.2) is 0 Å². The first-order chi connectivity index (χ1) is 12.6. The summed E-state index contributed by atoms with van der Waals surface area (Å²) in [5.41, 5.74) is 1.89. The van der Waals surface area contributed by atoms with E-state index in [1.54, 1.807) is 23.4 Å². The molecule has 2 heterocycles. The molecule has 1 aromatic carbocycles. The van der Waals surface area contributed by atoms with E-state index in [2.05, 4.69) is 10.3 Å². The van der Waals surface area contributed by atoms with Crippen LogP contribution in [0, 0.1) is 0 Å². The number of nitrogens with one attached hydrogen (secondary N) is 1. The molecular formula is C20H23N3O3. The second kappa shape index (κ2) is 8.10. The molecule has 2 aromatic rings. The number of hydrogen-bond acceptors (Lipinski definition) is 4. The van der Waals surface area contributed by atoms with Gasteiger partial charge in [-0.1, -0.05) is 36.4 Å². The van der Waals surface area contributed by atoms with Crippen LogP contribution in [0.5, 0.6) is 0 Å². The first kappa shape index (κ1) is 18.1. The SMILES string of the molecule is CC(=O)NC[C@H]1[C@H](c2ccccc2)[C@H](CO)N1C(=O)Cc1cccnc1. The molecule has 26 heavy (non-hydrogen) atoms. The van der Waals surface area contributed by atoms with Crippen LogP contribution in [0.1, 0.15) is 24.0 Å². The van der Waals surface area contributed by atoms with Crippen LogP contribution in [0.4, 0.5) is 0 Å². The third kappa shape index (κ3) is 3.75. The molecule has 2 N–H and O–H groups in total. The minimum Gasteiger partial charge on any atom is -0.394 e. The Kier molecular flexibility index (Phi) is 5.63. The zero-order valence-electron chi connectivity index (χ0n) is 14.7. The average Bonchev–Trinajstić information content (AvgIpc) is 2.62. The molecule has 1 aliphatic heterocycles. The predicted octanol–water partition coefficient (Wildman–Crippen LogP) is 1.12. The van der Waals surface area contributed by atoms with E-state index >= 15 is 0 Å². The largest absolute Gasteiger partial charge is 0.394 e. The Bertz CT molecular complexity index is 751. The molecule has 0 saturated carbocycles. The Hall–Kier alpha value is -2.73. The number of aromatic nitrogens is 1. The molecule has 1 aromatic heterocycles. The van der Waals surface area contributed by atoms with Gasteiger partial charge in [-0.05, 0) is 17.2 Å². The molecule has 3 atom stereocenters. The molecule has 6 nitrogen and oxygen atoms in total. The summed E-state index contributed by atoms with van der Waals surface area (Å²) in [6, 6.07) is 13.0. The van der Waals surface area contributed by atoms with Crippen LogP contribution in [0.25, 0.3) is 0 Å². The molecule has 136 valence electrons. The maximum atomic E-state index is 12.9. The molecule has 1 saturated heterocycles. The summed E-state index contributed by atoms with van der Waals surface area (Å²) in [7, 11) is 0. The number of carbonyl (C=O) groups excluding carboxylic acids is 2. The van der Waals surface area contributed by atoms with Crippen molar-refractivity contribution < 1.29 is 14.7 Å². The number of nitrogens with zero attached hydrogens (tertiary/aromatic N) is 2. The maximum Gasteiger partial charge on any atom is 0.227 e. The lowest BCUT2D eigenvalue weighted by molar-refractivity contribution is -0.150. The highest BCUT2D eigenvalue weighted by atomic mass is 16.3. The van der Waals surface area contributed by atoms with Crippen molar-refractivity contribution in [2.45, 2.75) is 31.3 Å². The van der Waals surface area contributed by atoms with Gasteiger partial charge in [0.05, 0.1) is 25.1 Å². The van der Waals surface area contributed by atoms with Gasteiger partial charge in [0.25, 0.3) is 0 Å². The Morgan fingerprint density at radius 1 is 1.15 bits per heavy atom. The minimum atomic E-state index is -0.291. The van der Waals surface area contributed by atoms with E-state index < -0.39 is 0 Å². The van der Waals surface area contributed by atoms with E-state index in [4.69, 9.17) is 0 Å². The molecular weight excluding hydrogens is 330 g/mol. The number of aliphatic hydroxyl groups excluding tert-OH is 1. The van der Waals surface area contributed by atoms with Crippen LogP contribution in [0.2, 0.25) is 0 Å². The number of likely N-dealkylation sites (tertiary alicyclic amines) is 1. The maximum absolute atomic E-state index is 12.9. The van der Waals surface area contributed by atoms with Gasteiger partial charge in [-0.25, -0.2) is 0 Å². The second-order valence-electron chi connectivity index (χ2n) is 6.53. The van der Waals surface area contributed by atoms with Crippen molar-refractivity contribution in [2.24, 2.45) is 0 Å². The molecule has 0 unspecified atom stereocenters. The lowest BCUT2D eigenvalue weighted by atomic mass is 9.74. The molecule has 6 heteroatoms. The Morgan fingerprint density at radius 3 is 2.54 bits per heavy atom. The van der Waals surface area contributed by atoms with Gasteiger partial charge in [-0.3, -0.25) is 14.6 Å². The van der Waals surface area contributed by atoms with E-state index in [0.717, 1.165) is 11.1 Å². The number of hydrogen-bond donors (Lipinski definition) is 2. The molecule has 3 rings (SSSR count). The number of rotatable bonds is 6. The van der Waals surface area contributed by atoms with Crippen LogP contribution in [-0.4, -0.2) is 52.0 Å². The Labute approximate surface area is 152 Å². The standard InChI is InChI=1S/C20H23N3O3/c1-14(25)22-12-17-20(16-7-3-2-4-8-16)18(13-24)23(17)19(26)10-15-6-5-9-21-11-15/h2-9,11,17-18,20,24H,10,12-13H2,1H3,(H,22,25)/t17-,18-,20-/m0/s1. The van der Waals surface area contributed by atoms with Gasteiger partial charge in [0.1, 0.15) is 0 Å². The number of pyridine rings is 1. The quantitative estimate of drug-likeness (QED) is 0.815. The average molecular weight is 353 g/mol. The van der Waals surface area contributed by atoms with Crippen molar-refractivity contribution in [2.75, 3.05) is 13.2 Å². The van der Waals surface area contributed by atoms with Crippen molar-refractivity contribution in [3.05, 3.63) is 66.0 Å². The monoisotopic (exact) mass is 353 g/mol. The lowest BCUT2D eigenvalue weighted by Crippen LogP contribution is -2.68. The van der Waals surface area contributed by atoms with Gasteiger partial charge in [-0.15, -0.1) is 0 Å². The van der Waals surface area contributed by atoms with Crippen molar-refractivity contribution in [1.82, 2.24) is 15.2 Å². The molecule has 0 radical (unpaired) electrons. The normalized spacial score (nSPS) is 21.8. The molecule has 0 spiro atoms. The topological polar surface area (TPSA) is 82.5 Å². The van der Waals surface area contributed by atoms with E-state index in [9.17, 15) is 14.7 Å². The molecule has 0 aliphatic carbocycles. The van der Waals surface area contributed by atoms with Crippen molar-refractivity contribution in [3.8, 4) is 0 Å². The van der Waals surface area contributed by atoms with E-state index in [-0.39, 0.29) is 42.8 Å². The summed E-state index contributed by atoms with van der Waals surface area (Å²) in [5, 5.41) is 12.7. The second-order valence-corrected chi connectivity index (χ2v) is 6.53. The number of carbonyl (C=O) groups is 2. The van der Waals surface area contributed by atoms with Gasteiger partial charge in [0, 0.05) is 31.8 Å². The molecule has 1 fully saturated rings. The van der Waals surface area contributed by atoms with Crippen LogP contribution in [-0.2, 0) is 16.0 Å². The highest BCUT2D eigenvalue weighted by Crippen LogP contribution is 2.40. The van der Waals surface area contributed by atoms with Crippen LogP contribution < -0.4 is 5.32 Å². The van der Waals surface area contributed by atoms with Crippen LogP contribution in [0.3, 0.4) is 0 Å². The third-order valence-corrected chi connectivity index (χ3v) is 4.84. The number of benzene rings is 1. The van der Waals surface area contributed by atoms with E-state index in [1.807, 2.05) is 36.4 Å². The van der Waals surface area contributed by atoms with Crippen molar-refractivity contribution in [1.29, 1.82) is 0 Å². The lowest BCUT2D eigenvalue weighted by Gasteiger charge is -2.55. The molecule has 1 aliphatic rings. The summed E-state index contributed by atoms with van der Waals surface area (Å²) in [5.74, 6) is -0.214. The first-order valence-electron chi connectivity index (χ1n) is 8.72. The number of aliphatic hydroxyl groups is 1. The summed E-state index contributed by atoms with van der Waals surface area (Å²) >= 11 is 0. The smallest absolute Gasteiger partial charge is 0.227 e. The fourth-order valence-corrected chi connectivity index (χ4v) is 3.68. The highest BCUT2D eigenvalue weighted by Gasteiger charge is 2.50. The van der Waals surface area contributed by atoms with Crippen molar-refractivity contribution in [3.63, 3.8) is 0 Å². The zero-order chi connectivity index (χ0) is 18.5. The summed E-state index contributed by atoms with van der Waals surface area (Å²) in [6.07, 6.45) is 3.56. The molecule has 2 amide bonds. The van der Waals surface area contributed by atoms with E-state index in [0.29, 0.717) is 6.54 Å². The van der Waals surface area contributed by atoms with Gasteiger partial charge in [0.2, 0.25) is 11.8 Å². The zero-order valence-corrected chi connectivity index (χ0v) is 14.7. The third-order valence-electron chi connectivity index (χ3n) is 4.84. The summed E-state index contributed by atoms with van der Waals surface area (Å²) in [6.45, 7) is 1.71. The summed E-state index contributed by atoms with van der Waals surface area (Å²) < 4.78 is 0. The Morgan fingerprint density at radius 2 is 1.92 bits per heavy atom. The predicted molar refractivity (Wildman–Crippen MR) is 97.3 cm³/mol. The van der Waals surface area contributed by atoms with Crippen LogP contribution >= 0.6 is 0 Å². The van der Waals surface area contributed by atoms with E-state index in [1.165, 1.54) is 6.92 Å². The fourth-order valence-electron chi connectivity index (χ4n) is 3.68. The molecule has 0 bridgehead atoms. The van der Waals surface area contributed by atoms with Crippen molar-refractivity contribution >= 4 is 11.8 Å². The highest BCUT2D eigenvalue weighted by molar-refractivity contribution is 5.81. The van der Waals surface area contributed by atoms with Gasteiger partial charge < -0.3 is 15.3 Å². The summed E-state index contributed by atoms with van der Waals surface area (Å²) in [4.78, 5) is 30.0.